The van der Waals surface area contributed by atoms with Gasteiger partial charge in [0.2, 0.25) is 0 Å². The quantitative estimate of drug-likeness (QED) is 0.709. The van der Waals surface area contributed by atoms with Gasteiger partial charge in [0.25, 0.3) is 5.91 Å². The van der Waals surface area contributed by atoms with Crippen LogP contribution in [-0.4, -0.2) is 26.7 Å². The molecule has 3 rings (SSSR count). The van der Waals surface area contributed by atoms with Crippen molar-refractivity contribution < 1.29 is 19.0 Å². The van der Waals surface area contributed by atoms with Crippen molar-refractivity contribution in [3.63, 3.8) is 0 Å². The molecule has 2 aromatic rings. The number of rotatable bonds is 6. The number of anilines is 1. The van der Waals surface area contributed by atoms with Crippen LogP contribution in [0, 0.1) is 11.3 Å². The smallest absolute Gasteiger partial charge is 0.266 e. The molecule has 1 atom stereocenters. The molecular weight excluding hydrogens is 390 g/mol. The third-order valence-electron chi connectivity index (χ3n) is 4.47. The molecule has 1 N–H and O–H groups in total. The van der Waals surface area contributed by atoms with E-state index >= 15 is 0 Å². The summed E-state index contributed by atoms with van der Waals surface area (Å²) in [7, 11) is 3.10. The van der Waals surface area contributed by atoms with Crippen molar-refractivity contribution in [2.45, 2.75) is 13.1 Å². The van der Waals surface area contributed by atoms with E-state index in [0.717, 1.165) is 17.0 Å². The minimum atomic E-state index is -0.593. The highest BCUT2D eigenvalue weighted by Crippen LogP contribution is 2.38. The Balaban J connectivity index is 2.10. The summed E-state index contributed by atoms with van der Waals surface area (Å²) in [5.74, 6) is 1.34. The Kier molecular flexibility index (Phi) is 6.20. The van der Waals surface area contributed by atoms with Crippen LogP contribution in [0.25, 0.3) is 0 Å². The molecule has 1 aliphatic heterocycles. The summed E-state index contributed by atoms with van der Waals surface area (Å²) >= 11 is 4.50. The topological polar surface area (TPSA) is 83.8 Å². The number of methoxy groups -OCH3 is 2. The van der Waals surface area contributed by atoms with E-state index in [1.807, 2.05) is 43.3 Å². The molecule has 0 saturated carbocycles. The maximum atomic E-state index is 12.5. The van der Waals surface area contributed by atoms with Crippen LogP contribution in [0.5, 0.6) is 17.2 Å². The van der Waals surface area contributed by atoms with Gasteiger partial charge in [-0.15, -0.1) is 12.6 Å². The molecule has 1 unspecified atom stereocenters. The molecule has 0 bridgehead atoms. The Hall–Kier alpha value is -3.31. The van der Waals surface area contributed by atoms with E-state index in [4.69, 9.17) is 14.2 Å². The van der Waals surface area contributed by atoms with Crippen LogP contribution in [0.2, 0.25) is 0 Å². The van der Waals surface area contributed by atoms with Crippen molar-refractivity contribution in [3.05, 3.63) is 58.6 Å². The maximum absolute atomic E-state index is 12.5. The van der Waals surface area contributed by atoms with E-state index in [9.17, 15) is 10.1 Å². The first-order chi connectivity index (χ1) is 14.0. The summed E-state index contributed by atoms with van der Waals surface area (Å²) in [5, 5.41) is 12.6. The van der Waals surface area contributed by atoms with E-state index < -0.39 is 12.1 Å². The minimum Gasteiger partial charge on any atom is -0.494 e. The van der Waals surface area contributed by atoms with Gasteiger partial charge >= 0.3 is 0 Å². The van der Waals surface area contributed by atoms with Crippen LogP contribution in [0.1, 0.15) is 18.7 Å². The fourth-order valence-electron chi connectivity index (χ4n) is 3.10. The molecule has 29 heavy (non-hydrogen) atoms. The third kappa shape index (κ3) is 3.96. The number of nitrogens with one attached hydrogen (secondary N) is 1. The number of nitrogens with zero attached hydrogens (tertiary/aromatic N) is 2. The molecular formula is C21H21N3O4S. The Morgan fingerprint density at radius 2 is 1.83 bits per heavy atom. The van der Waals surface area contributed by atoms with Crippen molar-refractivity contribution >= 4 is 24.2 Å². The normalized spacial score (nSPS) is 16.2. The Morgan fingerprint density at radius 3 is 2.41 bits per heavy atom. The molecule has 7 nitrogen and oxygen atoms in total. The SMILES string of the molecule is CCOc1ccc(N2C(S)=C(C#N)C(=O)NC2c2ccc(OC)c(OC)c2)cc1. The second kappa shape index (κ2) is 8.80. The maximum Gasteiger partial charge on any atom is 0.266 e. The summed E-state index contributed by atoms with van der Waals surface area (Å²) in [4.78, 5) is 14.2. The van der Waals surface area contributed by atoms with E-state index in [0.29, 0.717) is 18.1 Å². The molecule has 8 heteroatoms. The zero-order valence-electron chi connectivity index (χ0n) is 16.3. The average Bonchev–Trinajstić information content (AvgIpc) is 2.74. The fourth-order valence-corrected chi connectivity index (χ4v) is 3.48. The average molecular weight is 411 g/mol. The van der Waals surface area contributed by atoms with Crippen molar-refractivity contribution in [1.82, 2.24) is 5.32 Å². The van der Waals surface area contributed by atoms with Crippen LogP contribution in [0.3, 0.4) is 0 Å². The summed E-state index contributed by atoms with van der Waals surface area (Å²) < 4.78 is 16.2. The molecule has 1 aliphatic rings. The Bertz CT molecular complexity index is 982. The summed E-state index contributed by atoms with van der Waals surface area (Å²) in [6, 6.07) is 14.6. The van der Waals surface area contributed by atoms with Crippen molar-refractivity contribution in [2.24, 2.45) is 0 Å². The minimum absolute atomic E-state index is 0.0565. The van der Waals surface area contributed by atoms with Gasteiger partial charge < -0.3 is 24.4 Å². The lowest BCUT2D eigenvalue weighted by Gasteiger charge is -2.38. The fraction of sp³-hybridized carbons (Fsp3) is 0.238. The molecule has 0 radical (unpaired) electrons. The van der Waals surface area contributed by atoms with Crippen molar-refractivity contribution in [1.29, 1.82) is 5.26 Å². The predicted molar refractivity (Wildman–Crippen MR) is 112 cm³/mol. The van der Waals surface area contributed by atoms with Gasteiger partial charge in [0.05, 0.1) is 25.9 Å². The van der Waals surface area contributed by atoms with Gasteiger partial charge in [0.15, 0.2) is 11.5 Å². The van der Waals surface area contributed by atoms with Gasteiger partial charge in [-0.2, -0.15) is 5.26 Å². The number of amides is 1. The van der Waals surface area contributed by atoms with Gasteiger partial charge in [0, 0.05) is 5.69 Å². The molecule has 0 aromatic heterocycles. The highest BCUT2D eigenvalue weighted by molar-refractivity contribution is 7.84. The Morgan fingerprint density at radius 1 is 1.14 bits per heavy atom. The standard InChI is InChI=1S/C21H21N3O4S/c1-4-28-15-8-6-14(7-9-15)24-19(23-20(25)16(12-22)21(24)29)13-5-10-17(26-2)18(11-13)27-3/h5-11,19,29H,4H2,1-3H3,(H,23,25). The van der Waals surface area contributed by atoms with Crippen LogP contribution < -0.4 is 24.4 Å². The zero-order valence-corrected chi connectivity index (χ0v) is 17.2. The number of hydrogen-bond acceptors (Lipinski definition) is 7. The molecule has 1 amide bonds. The first-order valence-corrected chi connectivity index (χ1v) is 9.37. The molecule has 2 aromatic carbocycles. The first-order valence-electron chi connectivity index (χ1n) is 8.92. The lowest BCUT2D eigenvalue weighted by Crippen LogP contribution is -2.46. The van der Waals surface area contributed by atoms with Crippen molar-refractivity contribution in [3.8, 4) is 23.3 Å². The molecule has 150 valence electrons. The number of hydrogen-bond donors (Lipinski definition) is 2. The molecule has 0 spiro atoms. The summed E-state index contributed by atoms with van der Waals surface area (Å²) in [6.45, 7) is 2.47. The van der Waals surface area contributed by atoms with Gasteiger partial charge in [-0.05, 0) is 48.9 Å². The van der Waals surface area contributed by atoms with Crippen molar-refractivity contribution in [2.75, 3.05) is 25.7 Å². The number of thiol groups is 1. The van der Waals surface area contributed by atoms with E-state index in [1.165, 1.54) is 0 Å². The van der Waals surface area contributed by atoms with Crippen LogP contribution in [0.4, 0.5) is 5.69 Å². The molecule has 1 heterocycles. The van der Waals surface area contributed by atoms with Gasteiger partial charge in [-0.1, -0.05) is 6.07 Å². The zero-order chi connectivity index (χ0) is 21.0. The largest absolute Gasteiger partial charge is 0.494 e. The number of benzene rings is 2. The second-order valence-corrected chi connectivity index (χ2v) is 6.52. The monoisotopic (exact) mass is 411 g/mol. The van der Waals surface area contributed by atoms with E-state index in [1.54, 1.807) is 31.3 Å². The summed E-state index contributed by atoms with van der Waals surface area (Å²) in [5.41, 5.74) is 1.43. The van der Waals surface area contributed by atoms with Crippen LogP contribution >= 0.6 is 12.6 Å². The van der Waals surface area contributed by atoms with Gasteiger partial charge in [0.1, 0.15) is 23.6 Å². The van der Waals surface area contributed by atoms with Gasteiger partial charge in [-0.25, -0.2) is 0 Å². The Labute approximate surface area is 174 Å². The number of carbonyl (C=O) groups is 1. The number of carbonyl (C=O) groups excluding carboxylic acids is 1. The molecule has 0 aliphatic carbocycles. The van der Waals surface area contributed by atoms with Gasteiger partial charge in [-0.3, -0.25) is 4.79 Å². The second-order valence-electron chi connectivity index (χ2n) is 6.10. The molecule has 0 saturated heterocycles. The number of nitriles is 1. The highest BCUT2D eigenvalue weighted by atomic mass is 32.1. The lowest BCUT2D eigenvalue weighted by atomic mass is 10.1. The number of ether oxygens (including phenoxy) is 3. The predicted octanol–water partition coefficient (Wildman–Crippen LogP) is 3.40. The summed E-state index contributed by atoms with van der Waals surface area (Å²) in [6.07, 6.45) is -0.593. The molecule has 0 fully saturated rings. The third-order valence-corrected chi connectivity index (χ3v) is 4.90. The van der Waals surface area contributed by atoms with E-state index in [2.05, 4.69) is 17.9 Å². The highest BCUT2D eigenvalue weighted by Gasteiger charge is 2.34. The van der Waals surface area contributed by atoms with E-state index in [-0.39, 0.29) is 10.6 Å². The van der Waals surface area contributed by atoms with Crippen LogP contribution in [0.15, 0.2) is 53.1 Å². The first kappa shape index (κ1) is 20.4. The lowest BCUT2D eigenvalue weighted by molar-refractivity contribution is -0.118. The van der Waals surface area contributed by atoms with Crippen LogP contribution in [-0.2, 0) is 4.79 Å².